The van der Waals surface area contributed by atoms with Crippen molar-refractivity contribution in [2.45, 2.75) is 5.51 Å². The van der Waals surface area contributed by atoms with E-state index in [2.05, 4.69) is 4.18 Å². The van der Waals surface area contributed by atoms with Crippen LogP contribution < -0.4 is 8.92 Å². The van der Waals surface area contributed by atoms with Gasteiger partial charge in [0.05, 0.1) is 5.56 Å². The lowest BCUT2D eigenvalue weighted by Gasteiger charge is -2.19. The number of benzene rings is 2. The van der Waals surface area contributed by atoms with Crippen LogP contribution in [0.25, 0.3) is 6.08 Å². The van der Waals surface area contributed by atoms with E-state index in [1.165, 1.54) is 0 Å². The molecule has 0 spiro atoms. The Balaban J connectivity index is 1.87. The summed E-state index contributed by atoms with van der Waals surface area (Å²) in [6.45, 7) is -0.101. The van der Waals surface area contributed by atoms with Gasteiger partial charge in [-0.3, -0.25) is 4.79 Å². The van der Waals surface area contributed by atoms with Crippen molar-refractivity contribution >= 4 is 22.0 Å². The summed E-state index contributed by atoms with van der Waals surface area (Å²) >= 11 is 0. The zero-order valence-corrected chi connectivity index (χ0v) is 13.8. The summed E-state index contributed by atoms with van der Waals surface area (Å²) in [6, 6.07) is 12.1. The summed E-state index contributed by atoms with van der Waals surface area (Å²) < 4.78 is 68.6. The van der Waals surface area contributed by atoms with E-state index in [4.69, 9.17) is 4.74 Å². The van der Waals surface area contributed by atoms with Gasteiger partial charge in [-0.1, -0.05) is 30.3 Å². The topological polar surface area (TPSA) is 69.7 Å². The van der Waals surface area contributed by atoms with Crippen LogP contribution >= 0.6 is 0 Å². The van der Waals surface area contributed by atoms with E-state index in [-0.39, 0.29) is 23.7 Å². The van der Waals surface area contributed by atoms with Crippen molar-refractivity contribution in [3.8, 4) is 11.5 Å². The van der Waals surface area contributed by atoms with Gasteiger partial charge in [0.2, 0.25) is 0 Å². The number of hydrogen-bond donors (Lipinski definition) is 0. The fourth-order valence-electron chi connectivity index (χ4n) is 2.29. The molecule has 9 heteroatoms. The Morgan fingerprint density at radius 1 is 1.08 bits per heavy atom. The lowest BCUT2D eigenvalue weighted by Crippen LogP contribution is -2.28. The summed E-state index contributed by atoms with van der Waals surface area (Å²) in [5, 5.41) is 0. The number of carbonyl (C=O) groups is 1. The number of alkyl halides is 3. The molecule has 5 nitrogen and oxygen atoms in total. The average molecular weight is 384 g/mol. The van der Waals surface area contributed by atoms with E-state index in [1.807, 2.05) is 6.07 Å². The van der Waals surface area contributed by atoms with Gasteiger partial charge in [-0.05, 0) is 23.8 Å². The van der Waals surface area contributed by atoms with Gasteiger partial charge < -0.3 is 8.92 Å². The highest BCUT2D eigenvalue weighted by Crippen LogP contribution is 2.34. The smallest absolute Gasteiger partial charge is 0.488 e. The Morgan fingerprint density at radius 2 is 1.77 bits per heavy atom. The first-order valence-corrected chi connectivity index (χ1v) is 8.66. The Labute approximate surface area is 146 Å². The van der Waals surface area contributed by atoms with E-state index >= 15 is 0 Å². The fourth-order valence-corrected chi connectivity index (χ4v) is 2.74. The first-order chi connectivity index (χ1) is 12.2. The molecule has 1 heterocycles. The van der Waals surface area contributed by atoms with Crippen LogP contribution in [0.15, 0.2) is 54.1 Å². The summed E-state index contributed by atoms with van der Waals surface area (Å²) in [5.41, 5.74) is -4.29. The molecule has 1 aliphatic heterocycles. The van der Waals surface area contributed by atoms with E-state index in [0.717, 1.165) is 23.8 Å². The monoisotopic (exact) mass is 384 g/mol. The number of halogens is 3. The van der Waals surface area contributed by atoms with Crippen LogP contribution in [-0.4, -0.2) is 26.3 Å². The Kier molecular flexibility index (Phi) is 4.49. The molecule has 0 fully saturated rings. The predicted octanol–water partition coefficient (Wildman–Crippen LogP) is 3.57. The second-order valence-electron chi connectivity index (χ2n) is 5.34. The van der Waals surface area contributed by atoms with Crippen LogP contribution in [0.5, 0.6) is 11.5 Å². The number of ether oxygens (including phenoxy) is 1. The van der Waals surface area contributed by atoms with Gasteiger partial charge >= 0.3 is 15.6 Å². The number of ketones is 1. The summed E-state index contributed by atoms with van der Waals surface area (Å²) in [7, 11) is -5.79. The molecule has 0 N–H and O–H groups in total. The molecule has 2 aromatic rings. The first-order valence-electron chi connectivity index (χ1n) is 7.25. The van der Waals surface area contributed by atoms with Crippen LogP contribution in [0.4, 0.5) is 13.2 Å². The van der Waals surface area contributed by atoms with Crippen molar-refractivity contribution in [2.24, 2.45) is 0 Å². The molecule has 1 aliphatic rings. The van der Waals surface area contributed by atoms with Gasteiger partial charge in [-0.25, -0.2) is 0 Å². The van der Waals surface area contributed by atoms with Gasteiger partial charge in [0.25, 0.3) is 0 Å². The molecule has 0 atom stereocenters. The summed E-state index contributed by atoms with van der Waals surface area (Å²) in [4.78, 5) is 12.5. The Hall–Kier alpha value is -2.81. The molecule has 0 bridgehead atoms. The number of Topliss-reactive ketones (excluding diaryl/α,β-unsaturated/α-hetero) is 1. The zero-order chi connectivity index (χ0) is 18.9. The van der Waals surface area contributed by atoms with Crippen LogP contribution in [0.1, 0.15) is 15.9 Å². The third-order valence-electron chi connectivity index (χ3n) is 3.50. The van der Waals surface area contributed by atoms with E-state index in [1.54, 1.807) is 30.3 Å². The molecule has 3 rings (SSSR count). The first kappa shape index (κ1) is 18.0. The molecule has 0 amide bonds. The van der Waals surface area contributed by atoms with Gasteiger partial charge in [0.15, 0.2) is 5.78 Å². The van der Waals surface area contributed by atoms with Crippen LogP contribution in [0.2, 0.25) is 0 Å². The molecular formula is C17H11F3O5S. The maximum atomic E-state index is 12.5. The maximum absolute atomic E-state index is 12.5. The fraction of sp³-hybridized carbons (Fsp3) is 0.118. The quantitative estimate of drug-likeness (QED) is 0.460. The van der Waals surface area contributed by atoms with Crippen LogP contribution in [0.3, 0.4) is 0 Å². The number of fused-ring (bicyclic) bond motifs is 1. The minimum atomic E-state index is -5.79. The van der Waals surface area contributed by atoms with Crippen molar-refractivity contribution in [2.75, 3.05) is 6.61 Å². The molecule has 0 unspecified atom stereocenters. The minimum Gasteiger partial charge on any atom is -0.488 e. The molecular weight excluding hydrogens is 373 g/mol. The third-order valence-corrected chi connectivity index (χ3v) is 4.48. The molecule has 0 saturated heterocycles. The van der Waals surface area contributed by atoms with Gasteiger partial charge in [-0.2, -0.15) is 21.6 Å². The lowest BCUT2D eigenvalue weighted by molar-refractivity contribution is -0.0500. The van der Waals surface area contributed by atoms with Crippen LogP contribution in [-0.2, 0) is 10.1 Å². The SMILES string of the molecule is O=C1/C(=C/c2ccccc2)COc2cc(OS(=O)(=O)C(F)(F)F)ccc21. The zero-order valence-electron chi connectivity index (χ0n) is 13.0. The summed E-state index contributed by atoms with van der Waals surface area (Å²) in [5.74, 6) is -1.00. The minimum absolute atomic E-state index is 0.0462. The molecule has 0 aromatic heterocycles. The highest BCUT2D eigenvalue weighted by atomic mass is 32.2. The number of rotatable bonds is 3. The van der Waals surface area contributed by atoms with Gasteiger partial charge in [-0.15, -0.1) is 0 Å². The lowest BCUT2D eigenvalue weighted by atomic mass is 9.98. The Morgan fingerprint density at radius 3 is 2.42 bits per heavy atom. The van der Waals surface area contributed by atoms with Crippen molar-refractivity contribution in [3.05, 3.63) is 65.2 Å². The van der Waals surface area contributed by atoms with Crippen molar-refractivity contribution in [1.29, 1.82) is 0 Å². The standard InChI is InChI=1S/C17H11F3O5S/c18-17(19,20)26(22,23)25-13-6-7-14-15(9-13)24-10-12(16(14)21)8-11-4-2-1-3-5-11/h1-9H,10H2/b12-8+. The largest absolute Gasteiger partial charge is 0.534 e. The van der Waals surface area contributed by atoms with Crippen LogP contribution in [0, 0.1) is 0 Å². The number of hydrogen-bond acceptors (Lipinski definition) is 5. The average Bonchev–Trinajstić information content (AvgIpc) is 2.57. The molecule has 136 valence electrons. The summed E-state index contributed by atoms with van der Waals surface area (Å²) in [6.07, 6.45) is 1.64. The van der Waals surface area contributed by atoms with E-state index in [9.17, 15) is 26.4 Å². The highest BCUT2D eigenvalue weighted by molar-refractivity contribution is 7.88. The van der Waals surface area contributed by atoms with Gasteiger partial charge in [0.1, 0.15) is 18.1 Å². The Bertz CT molecular complexity index is 979. The molecule has 0 aliphatic carbocycles. The maximum Gasteiger partial charge on any atom is 0.534 e. The second-order valence-corrected chi connectivity index (χ2v) is 6.88. The van der Waals surface area contributed by atoms with Crippen molar-refractivity contribution in [1.82, 2.24) is 0 Å². The van der Waals surface area contributed by atoms with Crippen molar-refractivity contribution < 1.29 is 35.3 Å². The highest BCUT2D eigenvalue weighted by Gasteiger charge is 2.48. The third kappa shape index (κ3) is 3.57. The molecule has 0 saturated carbocycles. The second kappa shape index (κ2) is 6.49. The molecule has 0 radical (unpaired) electrons. The molecule has 2 aromatic carbocycles. The normalized spacial score (nSPS) is 16.1. The van der Waals surface area contributed by atoms with E-state index in [0.29, 0.717) is 5.57 Å². The molecule has 26 heavy (non-hydrogen) atoms. The van der Waals surface area contributed by atoms with E-state index < -0.39 is 21.4 Å². The predicted molar refractivity (Wildman–Crippen MR) is 86.3 cm³/mol. The van der Waals surface area contributed by atoms with Crippen molar-refractivity contribution in [3.63, 3.8) is 0 Å². The van der Waals surface area contributed by atoms with Gasteiger partial charge in [0, 0.05) is 11.6 Å². The number of carbonyl (C=O) groups excluding carboxylic acids is 1.